The molecule has 1 aliphatic carbocycles. The van der Waals surface area contributed by atoms with Crippen molar-refractivity contribution < 1.29 is 5.11 Å². The molecule has 1 aromatic rings. The Morgan fingerprint density at radius 3 is 2.81 bits per heavy atom. The first kappa shape index (κ1) is 12.0. The fraction of sp³-hybridized carbons (Fsp3) is 0.750. The zero-order chi connectivity index (χ0) is 11.3. The molecule has 3 nitrogen and oxygen atoms in total. The van der Waals surface area contributed by atoms with Crippen LogP contribution in [0.2, 0.25) is 0 Å². The monoisotopic (exact) mass is 240 g/mol. The molecule has 0 atom stereocenters. The molecular formula is C12H20N2OS. The van der Waals surface area contributed by atoms with Gasteiger partial charge in [0.05, 0.1) is 5.51 Å². The van der Waals surface area contributed by atoms with Gasteiger partial charge in [-0.3, -0.25) is 4.98 Å². The summed E-state index contributed by atoms with van der Waals surface area (Å²) in [7, 11) is 0. The van der Waals surface area contributed by atoms with Crippen LogP contribution in [0.3, 0.4) is 0 Å². The SMILES string of the molecule is OCC1(CNCc2cncs2)CCCCC1. The molecule has 0 unspecified atom stereocenters. The first-order valence-corrected chi connectivity index (χ1v) is 6.92. The maximum absolute atomic E-state index is 9.55. The maximum atomic E-state index is 9.55. The lowest BCUT2D eigenvalue weighted by atomic mass is 9.74. The van der Waals surface area contributed by atoms with Gasteiger partial charge in [0.1, 0.15) is 0 Å². The average Bonchev–Trinajstić information content (AvgIpc) is 2.83. The van der Waals surface area contributed by atoms with Gasteiger partial charge in [-0.1, -0.05) is 19.3 Å². The number of thiazole rings is 1. The van der Waals surface area contributed by atoms with E-state index >= 15 is 0 Å². The highest BCUT2D eigenvalue weighted by atomic mass is 32.1. The van der Waals surface area contributed by atoms with Crippen molar-refractivity contribution in [1.82, 2.24) is 10.3 Å². The molecule has 0 amide bonds. The van der Waals surface area contributed by atoms with Crippen LogP contribution in [0, 0.1) is 5.41 Å². The van der Waals surface area contributed by atoms with E-state index in [9.17, 15) is 5.11 Å². The number of hydrogen-bond acceptors (Lipinski definition) is 4. The number of aliphatic hydroxyl groups excluding tert-OH is 1. The minimum absolute atomic E-state index is 0.142. The van der Waals surface area contributed by atoms with Gasteiger partial charge in [0.15, 0.2) is 0 Å². The van der Waals surface area contributed by atoms with Crippen molar-refractivity contribution >= 4 is 11.3 Å². The van der Waals surface area contributed by atoms with Crippen LogP contribution in [0.15, 0.2) is 11.7 Å². The normalized spacial score (nSPS) is 19.8. The summed E-state index contributed by atoms with van der Waals surface area (Å²) in [5.74, 6) is 0. The predicted molar refractivity (Wildman–Crippen MR) is 66.4 cm³/mol. The van der Waals surface area contributed by atoms with Gasteiger partial charge >= 0.3 is 0 Å². The van der Waals surface area contributed by atoms with E-state index in [1.54, 1.807) is 11.3 Å². The molecule has 90 valence electrons. The first-order valence-electron chi connectivity index (χ1n) is 6.04. The van der Waals surface area contributed by atoms with Crippen molar-refractivity contribution in [1.29, 1.82) is 0 Å². The van der Waals surface area contributed by atoms with Gasteiger partial charge in [0.25, 0.3) is 0 Å². The molecule has 0 spiro atoms. The van der Waals surface area contributed by atoms with Crippen LogP contribution in [0.25, 0.3) is 0 Å². The highest BCUT2D eigenvalue weighted by Gasteiger charge is 2.30. The van der Waals surface area contributed by atoms with E-state index in [0.29, 0.717) is 6.61 Å². The largest absolute Gasteiger partial charge is 0.396 e. The lowest BCUT2D eigenvalue weighted by molar-refractivity contribution is 0.0811. The lowest BCUT2D eigenvalue weighted by Gasteiger charge is -2.35. The molecule has 0 aromatic carbocycles. The van der Waals surface area contributed by atoms with E-state index in [-0.39, 0.29) is 5.41 Å². The average molecular weight is 240 g/mol. The summed E-state index contributed by atoms with van der Waals surface area (Å²) in [5.41, 5.74) is 2.00. The molecule has 0 saturated heterocycles. The fourth-order valence-electron chi connectivity index (χ4n) is 2.47. The third kappa shape index (κ3) is 3.03. The van der Waals surface area contributed by atoms with Crippen LogP contribution < -0.4 is 5.32 Å². The predicted octanol–water partition coefficient (Wildman–Crippen LogP) is 2.18. The molecule has 0 bridgehead atoms. The molecule has 2 N–H and O–H groups in total. The third-order valence-electron chi connectivity index (χ3n) is 3.53. The molecule has 4 heteroatoms. The van der Waals surface area contributed by atoms with Gasteiger partial charge in [-0.25, -0.2) is 0 Å². The van der Waals surface area contributed by atoms with E-state index in [1.165, 1.54) is 37.0 Å². The van der Waals surface area contributed by atoms with E-state index in [1.807, 2.05) is 11.7 Å². The Morgan fingerprint density at radius 2 is 2.19 bits per heavy atom. The molecular weight excluding hydrogens is 220 g/mol. The van der Waals surface area contributed by atoms with E-state index in [0.717, 1.165) is 13.1 Å². The summed E-state index contributed by atoms with van der Waals surface area (Å²) < 4.78 is 0. The summed E-state index contributed by atoms with van der Waals surface area (Å²) >= 11 is 1.68. The number of aliphatic hydroxyl groups is 1. The summed E-state index contributed by atoms with van der Waals surface area (Å²) in [6.07, 6.45) is 8.10. The minimum atomic E-state index is 0.142. The summed E-state index contributed by atoms with van der Waals surface area (Å²) in [5, 5.41) is 13.0. The van der Waals surface area contributed by atoms with Gasteiger partial charge in [-0.05, 0) is 12.8 Å². The molecule has 1 aliphatic rings. The van der Waals surface area contributed by atoms with Crippen LogP contribution in [0.1, 0.15) is 37.0 Å². The Morgan fingerprint density at radius 1 is 1.38 bits per heavy atom. The minimum Gasteiger partial charge on any atom is -0.396 e. The maximum Gasteiger partial charge on any atom is 0.0794 e. The van der Waals surface area contributed by atoms with Crippen LogP contribution in [0.4, 0.5) is 0 Å². The van der Waals surface area contributed by atoms with Crippen LogP contribution in [-0.2, 0) is 6.54 Å². The van der Waals surface area contributed by atoms with Crippen molar-refractivity contribution in [3.05, 3.63) is 16.6 Å². The van der Waals surface area contributed by atoms with Crippen LogP contribution in [-0.4, -0.2) is 23.2 Å². The number of nitrogens with one attached hydrogen (secondary N) is 1. The smallest absolute Gasteiger partial charge is 0.0794 e. The molecule has 0 radical (unpaired) electrons. The molecule has 1 heterocycles. The fourth-order valence-corrected chi connectivity index (χ4v) is 3.04. The van der Waals surface area contributed by atoms with Crippen molar-refractivity contribution in [3.63, 3.8) is 0 Å². The Kier molecular flexibility index (Phi) is 4.32. The second-order valence-electron chi connectivity index (χ2n) is 4.79. The Bertz CT molecular complexity index is 294. The van der Waals surface area contributed by atoms with Crippen LogP contribution in [0.5, 0.6) is 0 Å². The second kappa shape index (κ2) is 5.75. The Balaban J connectivity index is 1.78. The number of rotatable bonds is 5. The van der Waals surface area contributed by atoms with Gasteiger partial charge in [-0.15, -0.1) is 11.3 Å². The van der Waals surface area contributed by atoms with Gasteiger partial charge in [0, 0.05) is 36.2 Å². The summed E-state index contributed by atoms with van der Waals surface area (Å²) in [6.45, 7) is 2.14. The van der Waals surface area contributed by atoms with Crippen molar-refractivity contribution in [3.8, 4) is 0 Å². The molecule has 2 rings (SSSR count). The zero-order valence-electron chi connectivity index (χ0n) is 9.61. The zero-order valence-corrected chi connectivity index (χ0v) is 10.4. The molecule has 1 saturated carbocycles. The standard InChI is InChI=1S/C12H20N2OS/c15-9-12(4-2-1-3-5-12)8-13-6-11-7-14-10-16-11/h7,10,13,15H,1-6,8-9H2. The van der Waals surface area contributed by atoms with E-state index in [2.05, 4.69) is 10.3 Å². The first-order chi connectivity index (χ1) is 7.85. The van der Waals surface area contributed by atoms with E-state index in [4.69, 9.17) is 0 Å². The van der Waals surface area contributed by atoms with Gasteiger partial charge < -0.3 is 10.4 Å². The molecule has 16 heavy (non-hydrogen) atoms. The van der Waals surface area contributed by atoms with Crippen LogP contribution >= 0.6 is 11.3 Å². The molecule has 1 fully saturated rings. The lowest BCUT2D eigenvalue weighted by Crippen LogP contribution is -2.38. The summed E-state index contributed by atoms with van der Waals surface area (Å²) in [4.78, 5) is 5.32. The van der Waals surface area contributed by atoms with Gasteiger partial charge in [-0.2, -0.15) is 0 Å². The number of hydrogen-bond donors (Lipinski definition) is 2. The van der Waals surface area contributed by atoms with E-state index < -0.39 is 0 Å². The topological polar surface area (TPSA) is 45.1 Å². The highest BCUT2D eigenvalue weighted by molar-refractivity contribution is 7.09. The quantitative estimate of drug-likeness (QED) is 0.829. The van der Waals surface area contributed by atoms with Crippen molar-refractivity contribution in [2.24, 2.45) is 5.41 Å². The molecule has 0 aliphatic heterocycles. The third-order valence-corrected chi connectivity index (χ3v) is 4.31. The summed E-state index contributed by atoms with van der Waals surface area (Å²) in [6, 6.07) is 0. The Hall–Kier alpha value is -0.450. The van der Waals surface area contributed by atoms with Gasteiger partial charge in [0.2, 0.25) is 0 Å². The second-order valence-corrected chi connectivity index (χ2v) is 5.76. The number of nitrogens with zero attached hydrogens (tertiary/aromatic N) is 1. The molecule has 1 aromatic heterocycles. The van der Waals surface area contributed by atoms with Crippen molar-refractivity contribution in [2.45, 2.75) is 38.6 Å². The number of aromatic nitrogens is 1. The highest BCUT2D eigenvalue weighted by Crippen LogP contribution is 2.35. The van der Waals surface area contributed by atoms with Crippen molar-refractivity contribution in [2.75, 3.05) is 13.2 Å². The Labute approximate surface area is 101 Å².